The zero-order chi connectivity index (χ0) is 18.6. The van der Waals surface area contributed by atoms with E-state index in [4.69, 9.17) is 4.52 Å². The summed E-state index contributed by atoms with van der Waals surface area (Å²) in [7, 11) is 0. The van der Waals surface area contributed by atoms with Crippen LogP contribution in [0.2, 0.25) is 0 Å². The molecule has 1 aromatic heterocycles. The van der Waals surface area contributed by atoms with E-state index in [2.05, 4.69) is 43.1 Å². The van der Waals surface area contributed by atoms with E-state index < -0.39 is 4.92 Å². The highest BCUT2D eigenvalue weighted by Gasteiger charge is 2.18. The van der Waals surface area contributed by atoms with Crippen molar-refractivity contribution in [1.82, 2.24) is 5.16 Å². The molecule has 136 valence electrons. The molecule has 0 unspecified atom stereocenters. The number of hydrogen-bond donors (Lipinski definition) is 1. The van der Waals surface area contributed by atoms with Crippen LogP contribution in [0.25, 0.3) is 0 Å². The lowest BCUT2D eigenvalue weighted by Crippen LogP contribution is -2.31. The van der Waals surface area contributed by atoms with E-state index in [0.29, 0.717) is 29.1 Å². The first-order valence-electron chi connectivity index (χ1n) is 8.50. The van der Waals surface area contributed by atoms with Crippen molar-refractivity contribution in [2.75, 3.05) is 23.3 Å². The summed E-state index contributed by atoms with van der Waals surface area (Å²) >= 11 is 0. The smallest absolute Gasteiger partial charge is 0.271 e. The van der Waals surface area contributed by atoms with Crippen LogP contribution in [-0.4, -0.2) is 23.2 Å². The van der Waals surface area contributed by atoms with E-state index in [-0.39, 0.29) is 5.69 Å². The number of hydrogen-bond acceptors (Lipinski definition) is 6. The third-order valence-electron chi connectivity index (χ3n) is 3.59. The number of aromatic nitrogens is 1. The molecule has 7 heteroatoms. The minimum atomic E-state index is -0.391. The Hall–Kier alpha value is -2.57. The van der Waals surface area contributed by atoms with Crippen molar-refractivity contribution >= 4 is 22.9 Å². The Bertz CT molecular complexity index is 715. The highest BCUT2D eigenvalue weighted by atomic mass is 16.6. The summed E-state index contributed by atoms with van der Waals surface area (Å²) in [6, 6.07) is 6.66. The van der Waals surface area contributed by atoms with Crippen molar-refractivity contribution in [2.45, 2.75) is 34.6 Å². The number of non-ortho nitro benzene ring substituents is 1. The summed E-state index contributed by atoms with van der Waals surface area (Å²) in [6.07, 6.45) is 0. The quantitative estimate of drug-likeness (QED) is 0.548. The molecule has 0 saturated heterocycles. The van der Waals surface area contributed by atoms with Gasteiger partial charge in [-0.3, -0.25) is 10.1 Å². The number of aryl methyl sites for hydroxylation is 1. The van der Waals surface area contributed by atoms with Crippen LogP contribution in [0.4, 0.5) is 22.9 Å². The van der Waals surface area contributed by atoms with Crippen molar-refractivity contribution in [3.8, 4) is 0 Å². The molecule has 0 aliphatic rings. The Morgan fingerprint density at radius 1 is 1.20 bits per heavy atom. The van der Waals surface area contributed by atoms with Gasteiger partial charge >= 0.3 is 0 Å². The molecule has 1 aromatic carbocycles. The fourth-order valence-electron chi connectivity index (χ4n) is 2.73. The van der Waals surface area contributed by atoms with Crippen LogP contribution >= 0.6 is 0 Å². The first-order valence-corrected chi connectivity index (χ1v) is 8.50. The van der Waals surface area contributed by atoms with Crippen LogP contribution in [-0.2, 0) is 0 Å². The third-order valence-corrected chi connectivity index (χ3v) is 3.59. The summed E-state index contributed by atoms with van der Waals surface area (Å²) in [5.41, 5.74) is 1.62. The molecule has 0 aliphatic carbocycles. The summed E-state index contributed by atoms with van der Waals surface area (Å²) in [5, 5.41) is 18.3. The lowest BCUT2D eigenvalue weighted by atomic mass is 10.1. The standard InChI is InChI=1S/C18H26N4O3/c1-12(2)10-21(11-13(3)4)17-7-6-15(22(23)24)9-16(17)19-18-8-14(5)25-20-18/h6-9,12-13H,10-11H2,1-5H3,(H,19,20). The van der Waals surface area contributed by atoms with Crippen LogP contribution in [0.5, 0.6) is 0 Å². The van der Waals surface area contributed by atoms with E-state index >= 15 is 0 Å². The van der Waals surface area contributed by atoms with E-state index in [1.165, 1.54) is 0 Å². The SMILES string of the molecule is Cc1cc(Nc2cc([N+](=O)[O-])ccc2N(CC(C)C)CC(C)C)no1. The number of nitrogens with one attached hydrogen (secondary N) is 1. The Morgan fingerprint density at radius 3 is 2.32 bits per heavy atom. The van der Waals surface area contributed by atoms with Crippen molar-refractivity contribution in [3.05, 3.63) is 40.1 Å². The molecule has 0 aliphatic heterocycles. The molecule has 0 fully saturated rings. The van der Waals surface area contributed by atoms with Gasteiger partial charge in [0.15, 0.2) is 5.82 Å². The predicted molar refractivity (Wildman–Crippen MR) is 99.5 cm³/mol. The first-order chi connectivity index (χ1) is 11.8. The molecule has 0 amide bonds. The lowest BCUT2D eigenvalue weighted by molar-refractivity contribution is -0.384. The first kappa shape index (κ1) is 18.8. The molecule has 2 rings (SSSR count). The summed E-state index contributed by atoms with van der Waals surface area (Å²) in [4.78, 5) is 13.0. The highest BCUT2D eigenvalue weighted by Crippen LogP contribution is 2.33. The maximum Gasteiger partial charge on any atom is 0.271 e. The summed E-state index contributed by atoms with van der Waals surface area (Å²) < 4.78 is 5.08. The second-order valence-electron chi connectivity index (χ2n) is 7.10. The molecule has 0 radical (unpaired) electrons. The Morgan fingerprint density at radius 2 is 1.84 bits per heavy atom. The number of rotatable bonds is 8. The van der Waals surface area contributed by atoms with Crippen LogP contribution in [0.15, 0.2) is 28.8 Å². The number of benzene rings is 1. The van der Waals surface area contributed by atoms with Gasteiger partial charge in [0.25, 0.3) is 5.69 Å². The molecule has 0 bridgehead atoms. The van der Waals surface area contributed by atoms with E-state index in [1.807, 2.05) is 0 Å². The highest BCUT2D eigenvalue weighted by molar-refractivity contribution is 5.76. The van der Waals surface area contributed by atoms with Crippen molar-refractivity contribution in [1.29, 1.82) is 0 Å². The van der Waals surface area contributed by atoms with Gasteiger partial charge in [0, 0.05) is 31.3 Å². The van der Waals surface area contributed by atoms with E-state index in [0.717, 1.165) is 18.8 Å². The van der Waals surface area contributed by atoms with Crippen molar-refractivity contribution < 1.29 is 9.45 Å². The van der Waals surface area contributed by atoms with Gasteiger partial charge in [-0.15, -0.1) is 0 Å². The van der Waals surface area contributed by atoms with Crippen molar-refractivity contribution in [3.63, 3.8) is 0 Å². The summed E-state index contributed by atoms with van der Waals surface area (Å²) in [6.45, 7) is 12.2. The van der Waals surface area contributed by atoms with Gasteiger partial charge in [-0.25, -0.2) is 0 Å². The fraction of sp³-hybridized carbons (Fsp3) is 0.500. The zero-order valence-electron chi connectivity index (χ0n) is 15.4. The van der Waals surface area contributed by atoms with Gasteiger partial charge in [0.2, 0.25) is 0 Å². The van der Waals surface area contributed by atoms with Crippen LogP contribution in [0, 0.1) is 28.9 Å². The minimum absolute atomic E-state index is 0.0421. The molecule has 1 N–H and O–H groups in total. The van der Waals surface area contributed by atoms with Gasteiger partial charge in [-0.1, -0.05) is 32.9 Å². The number of nitro benzene ring substituents is 1. The Kier molecular flexibility index (Phi) is 6.01. The monoisotopic (exact) mass is 346 g/mol. The Balaban J connectivity index is 2.44. The van der Waals surface area contributed by atoms with Gasteiger partial charge in [0.1, 0.15) is 5.76 Å². The fourth-order valence-corrected chi connectivity index (χ4v) is 2.73. The molecule has 25 heavy (non-hydrogen) atoms. The molecule has 0 spiro atoms. The lowest BCUT2D eigenvalue weighted by Gasteiger charge is -2.30. The van der Waals surface area contributed by atoms with Crippen LogP contribution in [0.3, 0.4) is 0 Å². The average Bonchev–Trinajstić information content (AvgIpc) is 2.90. The third kappa shape index (κ3) is 5.20. The second kappa shape index (κ2) is 8.00. The molecule has 0 saturated carbocycles. The van der Waals surface area contributed by atoms with E-state index in [1.54, 1.807) is 31.2 Å². The van der Waals surface area contributed by atoms with Crippen LogP contribution < -0.4 is 10.2 Å². The second-order valence-corrected chi connectivity index (χ2v) is 7.10. The normalized spacial score (nSPS) is 11.2. The molecule has 1 heterocycles. The van der Waals surface area contributed by atoms with Gasteiger partial charge < -0.3 is 14.7 Å². The van der Waals surface area contributed by atoms with Gasteiger partial charge in [0.05, 0.1) is 16.3 Å². The molecule has 0 atom stereocenters. The Labute approximate surface area is 148 Å². The zero-order valence-corrected chi connectivity index (χ0v) is 15.4. The minimum Gasteiger partial charge on any atom is -0.369 e. The van der Waals surface area contributed by atoms with Gasteiger partial charge in [-0.05, 0) is 24.8 Å². The predicted octanol–water partition coefficient (Wildman–Crippen LogP) is 4.75. The molecular formula is C18H26N4O3. The summed E-state index contributed by atoms with van der Waals surface area (Å²) in [5.74, 6) is 2.15. The molecule has 7 nitrogen and oxygen atoms in total. The van der Waals surface area contributed by atoms with Crippen molar-refractivity contribution in [2.24, 2.45) is 11.8 Å². The van der Waals surface area contributed by atoms with E-state index in [9.17, 15) is 10.1 Å². The number of nitrogens with zero attached hydrogens (tertiary/aromatic N) is 3. The maximum atomic E-state index is 11.2. The van der Waals surface area contributed by atoms with Gasteiger partial charge in [-0.2, -0.15) is 0 Å². The number of anilines is 3. The molecule has 2 aromatic rings. The number of nitro groups is 1. The topological polar surface area (TPSA) is 84.4 Å². The average molecular weight is 346 g/mol. The van der Waals surface area contributed by atoms with Crippen LogP contribution in [0.1, 0.15) is 33.5 Å². The maximum absolute atomic E-state index is 11.2. The molecular weight excluding hydrogens is 320 g/mol. The largest absolute Gasteiger partial charge is 0.369 e.